The van der Waals surface area contributed by atoms with Crippen LogP contribution in [0.15, 0.2) is 53.9 Å². The molecule has 6 nitrogen and oxygen atoms in total. The smallest absolute Gasteiger partial charge is 0.234 e. The molecule has 1 aromatic carbocycles. The van der Waals surface area contributed by atoms with E-state index in [0.29, 0.717) is 15.9 Å². The summed E-state index contributed by atoms with van der Waals surface area (Å²) in [5.74, 6) is 1.01. The van der Waals surface area contributed by atoms with E-state index in [0.717, 1.165) is 18.7 Å². The van der Waals surface area contributed by atoms with E-state index in [2.05, 4.69) is 22.4 Å². The van der Waals surface area contributed by atoms with Gasteiger partial charge in [-0.3, -0.25) is 9.47 Å². The van der Waals surface area contributed by atoms with E-state index in [1.54, 1.807) is 24.3 Å². The van der Waals surface area contributed by atoms with E-state index in [4.69, 9.17) is 11.6 Å². The van der Waals surface area contributed by atoms with Crippen LogP contribution in [0.25, 0.3) is 0 Å². The first-order chi connectivity index (χ1) is 12.2. The largest absolute Gasteiger partial charge is 0.325 e. The number of benzene rings is 1. The quantitative estimate of drug-likeness (QED) is 0.639. The number of carbonyl (C=O) groups is 1. The minimum absolute atomic E-state index is 0.105. The maximum Gasteiger partial charge on any atom is 0.234 e. The van der Waals surface area contributed by atoms with Crippen molar-refractivity contribution in [2.24, 2.45) is 0 Å². The summed E-state index contributed by atoms with van der Waals surface area (Å²) in [5, 5.41) is 12.7. The predicted molar refractivity (Wildman–Crippen MR) is 100 cm³/mol. The van der Waals surface area contributed by atoms with Crippen LogP contribution in [0.2, 0.25) is 5.02 Å². The molecule has 0 saturated carbocycles. The molecule has 0 radical (unpaired) electrons. The Labute approximate surface area is 155 Å². The van der Waals surface area contributed by atoms with Gasteiger partial charge in [0.25, 0.3) is 0 Å². The number of thioether (sulfide) groups is 1. The molecule has 3 aromatic rings. The topological polar surface area (TPSA) is 64.7 Å². The summed E-state index contributed by atoms with van der Waals surface area (Å²) in [5.41, 5.74) is 0.716. The molecule has 130 valence electrons. The fraction of sp³-hybridized carbons (Fsp3) is 0.235. The second-order valence-corrected chi connectivity index (χ2v) is 6.75. The molecule has 0 spiro atoms. The number of carbonyl (C=O) groups excluding carboxylic acids is 1. The van der Waals surface area contributed by atoms with Crippen molar-refractivity contribution in [3.8, 4) is 0 Å². The third kappa shape index (κ3) is 4.43. The van der Waals surface area contributed by atoms with Crippen molar-refractivity contribution in [1.29, 1.82) is 0 Å². The van der Waals surface area contributed by atoms with Crippen LogP contribution in [-0.2, 0) is 11.2 Å². The Bertz CT molecular complexity index is 829. The van der Waals surface area contributed by atoms with E-state index in [1.807, 2.05) is 33.9 Å². The summed E-state index contributed by atoms with van der Waals surface area (Å²) in [6.45, 7) is 2.10. The molecule has 1 N–H and O–H groups in total. The molecule has 0 aliphatic carbocycles. The fourth-order valence-electron chi connectivity index (χ4n) is 2.32. The van der Waals surface area contributed by atoms with Gasteiger partial charge in [-0.05, 0) is 42.8 Å². The molecule has 1 amide bonds. The number of amides is 1. The van der Waals surface area contributed by atoms with Crippen molar-refractivity contribution in [3.05, 3.63) is 59.6 Å². The van der Waals surface area contributed by atoms with Gasteiger partial charge in [-0.1, -0.05) is 30.3 Å². The molecular formula is C17H18ClN5OS. The summed E-state index contributed by atoms with van der Waals surface area (Å²) < 4.78 is 3.86. The minimum Gasteiger partial charge on any atom is -0.325 e. The van der Waals surface area contributed by atoms with Crippen LogP contribution in [0.3, 0.4) is 0 Å². The zero-order valence-corrected chi connectivity index (χ0v) is 15.3. The van der Waals surface area contributed by atoms with E-state index in [1.165, 1.54) is 11.8 Å². The summed E-state index contributed by atoms with van der Waals surface area (Å²) in [4.78, 5) is 12.2. The highest BCUT2D eigenvalue weighted by molar-refractivity contribution is 7.99. The molecule has 0 aliphatic rings. The van der Waals surface area contributed by atoms with Crippen molar-refractivity contribution in [2.75, 3.05) is 11.1 Å². The molecular weight excluding hydrogens is 358 g/mol. The first-order valence-electron chi connectivity index (χ1n) is 7.93. The maximum atomic E-state index is 12.2. The summed E-state index contributed by atoms with van der Waals surface area (Å²) in [6.07, 6.45) is 5.66. The van der Waals surface area contributed by atoms with E-state index >= 15 is 0 Å². The van der Waals surface area contributed by atoms with Crippen LogP contribution in [0.4, 0.5) is 5.69 Å². The first-order valence-corrected chi connectivity index (χ1v) is 9.30. The number of aryl methyl sites for hydroxylation is 1. The Hall–Kier alpha value is -2.25. The number of anilines is 1. The average Bonchev–Trinajstić information content (AvgIpc) is 3.25. The molecule has 8 heteroatoms. The van der Waals surface area contributed by atoms with Crippen LogP contribution in [0, 0.1) is 0 Å². The molecule has 3 rings (SSSR count). The molecule has 0 atom stereocenters. The first kappa shape index (κ1) is 17.6. The Balaban J connectivity index is 1.68. The molecule has 0 bridgehead atoms. The van der Waals surface area contributed by atoms with Crippen LogP contribution in [0.5, 0.6) is 0 Å². The highest BCUT2D eigenvalue weighted by Gasteiger charge is 2.15. The number of hydrogen-bond donors (Lipinski definition) is 1. The van der Waals surface area contributed by atoms with Gasteiger partial charge in [0.05, 0.1) is 5.75 Å². The van der Waals surface area contributed by atoms with Gasteiger partial charge in [0, 0.05) is 29.5 Å². The van der Waals surface area contributed by atoms with E-state index in [9.17, 15) is 4.79 Å². The van der Waals surface area contributed by atoms with Gasteiger partial charge in [0.15, 0.2) is 5.82 Å². The van der Waals surface area contributed by atoms with E-state index < -0.39 is 0 Å². The average molecular weight is 376 g/mol. The number of rotatable bonds is 7. The SMILES string of the molecule is CCCc1nnc(SCC(=O)Nc2ccc(Cl)cc2)n1-n1cccc1. The summed E-state index contributed by atoms with van der Waals surface area (Å²) in [7, 11) is 0. The Morgan fingerprint density at radius 2 is 1.92 bits per heavy atom. The fourth-order valence-corrected chi connectivity index (χ4v) is 3.20. The monoisotopic (exact) mass is 375 g/mol. The zero-order chi connectivity index (χ0) is 17.6. The van der Waals surface area contributed by atoms with Crippen LogP contribution in [-0.4, -0.2) is 31.2 Å². The number of aromatic nitrogens is 4. The van der Waals surface area contributed by atoms with Crippen molar-refractivity contribution < 1.29 is 4.79 Å². The highest BCUT2D eigenvalue weighted by Crippen LogP contribution is 2.19. The predicted octanol–water partition coefficient (Wildman–Crippen LogP) is 3.73. The van der Waals surface area contributed by atoms with Gasteiger partial charge >= 0.3 is 0 Å². The van der Waals surface area contributed by atoms with Crippen LogP contribution >= 0.6 is 23.4 Å². The normalized spacial score (nSPS) is 10.8. The minimum atomic E-state index is -0.105. The number of hydrogen-bond acceptors (Lipinski definition) is 4. The Morgan fingerprint density at radius 3 is 2.60 bits per heavy atom. The summed E-state index contributed by atoms with van der Waals surface area (Å²) >= 11 is 7.20. The Kier molecular flexibility index (Phi) is 5.78. The van der Waals surface area contributed by atoms with Gasteiger partial charge in [-0.15, -0.1) is 10.2 Å². The van der Waals surface area contributed by atoms with Gasteiger partial charge in [0.2, 0.25) is 11.1 Å². The van der Waals surface area contributed by atoms with Crippen LogP contribution in [0.1, 0.15) is 19.2 Å². The maximum absolute atomic E-state index is 12.2. The third-order valence-corrected chi connectivity index (χ3v) is 4.60. The standard InChI is InChI=1S/C17H18ClN5OS/c1-2-5-15-20-21-17(23(15)22-10-3-4-11-22)25-12-16(24)19-14-8-6-13(18)7-9-14/h3-4,6-11H,2,5,12H2,1H3,(H,19,24). The Morgan fingerprint density at radius 1 is 1.20 bits per heavy atom. The van der Waals surface area contributed by atoms with E-state index in [-0.39, 0.29) is 11.7 Å². The molecule has 25 heavy (non-hydrogen) atoms. The van der Waals surface area contributed by atoms with Crippen LogP contribution < -0.4 is 5.32 Å². The lowest BCUT2D eigenvalue weighted by Gasteiger charge is -2.10. The number of nitrogens with zero attached hydrogens (tertiary/aromatic N) is 4. The van der Waals surface area contributed by atoms with Crippen molar-refractivity contribution in [3.63, 3.8) is 0 Å². The molecule has 2 aromatic heterocycles. The zero-order valence-electron chi connectivity index (χ0n) is 13.7. The molecule has 0 unspecified atom stereocenters. The third-order valence-electron chi connectivity index (χ3n) is 3.43. The number of nitrogens with one attached hydrogen (secondary N) is 1. The molecule has 0 fully saturated rings. The van der Waals surface area contributed by atoms with Crippen molar-refractivity contribution in [2.45, 2.75) is 24.9 Å². The second-order valence-electron chi connectivity index (χ2n) is 5.37. The van der Waals surface area contributed by atoms with Gasteiger partial charge < -0.3 is 5.32 Å². The highest BCUT2D eigenvalue weighted by atomic mass is 35.5. The molecule has 2 heterocycles. The number of halogens is 1. The lowest BCUT2D eigenvalue weighted by atomic mass is 10.3. The van der Waals surface area contributed by atoms with Gasteiger partial charge in [-0.25, -0.2) is 4.68 Å². The van der Waals surface area contributed by atoms with Gasteiger partial charge in [-0.2, -0.15) is 0 Å². The summed E-state index contributed by atoms with van der Waals surface area (Å²) in [6, 6.07) is 10.9. The van der Waals surface area contributed by atoms with Crippen molar-refractivity contribution >= 4 is 35.0 Å². The second kappa shape index (κ2) is 8.22. The molecule has 0 saturated heterocycles. The van der Waals surface area contributed by atoms with Crippen molar-refractivity contribution in [1.82, 2.24) is 19.5 Å². The molecule has 0 aliphatic heterocycles. The lowest BCUT2D eigenvalue weighted by molar-refractivity contribution is -0.113. The van der Waals surface area contributed by atoms with Gasteiger partial charge in [0.1, 0.15) is 0 Å². The lowest BCUT2D eigenvalue weighted by Crippen LogP contribution is -2.16.